The molecule has 1 nitrogen and oxygen atoms in total. The molecule has 0 unspecified atom stereocenters. The van der Waals surface area contributed by atoms with Crippen molar-refractivity contribution in [1.82, 2.24) is 0 Å². The third-order valence-electron chi connectivity index (χ3n) is 1.84. The summed E-state index contributed by atoms with van der Waals surface area (Å²) in [6.07, 6.45) is 3.59. The van der Waals surface area contributed by atoms with Gasteiger partial charge < -0.3 is 17.7 Å². The normalized spacial score (nSPS) is 11.2. The van der Waals surface area contributed by atoms with Gasteiger partial charge in [0.2, 0.25) is 0 Å². The van der Waals surface area contributed by atoms with Crippen LogP contribution in [0, 0.1) is 0 Å². The van der Waals surface area contributed by atoms with E-state index in [1.54, 1.807) is 6.08 Å². The molecule has 6 heteroatoms. The van der Waals surface area contributed by atoms with Gasteiger partial charge in [0.15, 0.2) is 0 Å². The minimum Gasteiger partial charge on any atom is -0.490 e. The van der Waals surface area contributed by atoms with Crippen LogP contribution in [0.25, 0.3) is 0 Å². The molecule has 0 spiro atoms. The van der Waals surface area contributed by atoms with Crippen molar-refractivity contribution >= 4 is 12.4 Å². The van der Waals surface area contributed by atoms with Crippen molar-refractivity contribution in [3.05, 3.63) is 36.4 Å². The van der Waals surface area contributed by atoms with Crippen LogP contribution in [-0.2, 0) is 0 Å². The monoisotopic (exact) mass is 254 g/mol. The Morgan fingerprint density at radius 3 is 2.19 bits per heavy atom. The molecular weight excluding hydrogens is 243 g/mol. The van der Waals surface area contributed by atoms with Crippen molar-refractivity contribution in [1.29, 1.82) is 0 Å². The molecule has 0 aliphatic carbocycles. The molecule has 0 heterocycles. The number of rotatable bonds is 4. The molecule has 1 rings (SSSR count). The summed E-state index contributed by atoms with van der Waals surface area (Å²) in [6, 6.07) is 4.72. The van der Waals surface area contributed by atoms with Crippen molar-refractivity contribution in [3.63, 3.8) is 0 Å². The van der Waals surface area contributed by atoms with E-state index in [1.165, 1.54) is 12.1 Å². The fourth-order valence-electron chi connectivity index (χ4n) is 1.02. The van der Waals surface area contributed by atoms with Crippen LogP contribution in [0.2, 0.25) is 0 Å². The molecule has 1 aromatic carbocycles. The standard InChI is InChI=1S/C10H11BF3O.K/c1-2-3-8-15-10-6-4-9(5-7-10)11(12,13)14;/h2-7H,8H2,1H3;/q-1;+1/b3-2+;. The number of hydrogen-bond acceptors (Lipinski definition) is 1. The van der Waals surface area contributed by atoms with E-state index in [4.69, 9.17) is 4.74 Å². The molecule has 1 aromatic rings. The minimum atomic E-state index is -4.91. The molecular formula is C10H11BF3KO. The molecule has 0 fully saturated rings. The van der Waals surface area contributed by atoms with E-state index in [9.17, 15) is 12.9 Å². The Balaban J connectivity index is 0.00000225. The van der Waals surface area contributed by atoms with Gasteiger partial charge >= 0.3 is 58.4 Å². The van der Waals surface area contributed by atoms with Crippen molar-refractivity contribution in [2.24, 2.45) is 0 Å². The van der Waals surface area contributed by atoms with Crippen molar-refractivity contribution < 1.29 is 69.1 Å². The molecule has 0 aliphatic heterocycles. The van der Waals surface area contributed by atoms with E-state index < -0.39 is 12.4 Å². The summed E-state index contributed by atoms with van der Waals surface area (Å²) in [5, 5.41) is 0. The predicted molar refractivity (Wildman–Crippen MR) is 55.5 cm³/mol. The van der Waals surface area contributed by atoms with Gasteiger partial charge in [0, 0.05) is 0 Å². The second kappa shape index (κ2) is 7.55. The van der Waals surface area contributed by atoms with E-state index in [2.05, 4.69) is 0 Å². The van der Waals surface area contributed by atoms with E-state index in [0.717, 1.165) is 12.1 Å². The maximum Gasteiger partial charge on any atom is 1.00 e. The van der Waals surface area contributed by atoms with Gasteiger partial charge in [-0.2, -0.15) is 0 Å². The molecule has 16 heavy (non-hydrogen) atoms. The Hall–Kier alpha value is 0.251. The Morgan fingerprint density at radius 1 is 1.19 bits per heavy atom. The van der Waals surface area contributed by atoms with Crippen molar-refractivity contribution in [3.8, 4) is 5.75 Å². The van der Waals surface area contributed by atoms with E-state index in [0.29, 0.717) is 12.4 Å². The molecule has 0 N–H and O–H groups in total. The van der Waals surface area contributed by atoms with Crippen LogP contribution in [0.1, 0.15) is 6.92 Å². The topological polar surface area (TPSA) is 9.23 Å². The average Bonchev–Trinajstić information content (AvgIpc) is 2.18. The van der Waals surface area contributed by atoms with Crippen LogP contribution in [0.3, 0.4) is 0 Å². The second-order valence-electron chi connectivity index (χ2n) is 3.02. The maximum atomic E-state index is 12.2. The zero-order chi connectivity index (χ0) is 11.3. The molecule has 82 valence electrons. The smallest absolute Gasteiger partial charge is 0.490 e. The zero-order valence-corrected chi connectivity index (χ0v) is 12.4. The Bertz CT molecular complexity index is 335. The number of allylic oxidation sites excluding steroid dienone is 1. The fraction of sp³-hybridized carbons (Fsp3) is 0.200. The Morgan fingerprint density at radius 2 is 1.75 bits per heavy atom. The van der Waals surface area contributed by atoms with Crippen molar-refractivity contribution in [2.45, 2.75) is 6.92 Å². The van der Waals surface area contributed by atoms with E-state index >= 15 is 0 Å². The quantitative estimate of drug-likeness (QED) is 0.529. The summed E-state index contributed by atoms with van der Waals surface area (Å²) in [6.45, 7) is -2.69. The number of halogens is 3. The first-order chi connectivity index (χ1) is 7.04. The first-order valence-electron chi connectivity index (χ1n) is 4.58. The van der Waals surface area contributed by atoms with Crippen LogP contribution in [0.5, 0.6) is 5.75 Å². The number of ether oxygens (including phenoxy) is 1. The Kier molecular flexibility index (Phi) is 7.67. The van der Waals surface area contributed by atoms with Crippen LogP contribution in [-0.4, -0.2) is 13.6 Å². The van der Waals surface area contributed by atoms with Gasteiger partial charge in [-0.25, -0.2) is 0 Å². The fourth-order valence-corrected chi connectivity index (χ4v) is 1.02. The summed E-state index contributed by atoms with van der Waals surface area (Å²) in [7, 11) is 0. The molecule has 0 saturated heterocycles. The van der Waals surface area contributed by atoms with Gasteiger partial charge in [0.1, 0.15) is 12.4 Å². The summed E-state index contributed by atoms with van der Waals surface area (Å²) in [4.78, 5) is 0. The first-order valence-corrected chi connectivity index (χ1v) is 4.58. The van der Waals surface area contributed by atoms with Gasteiger partial charge in [0.25, 0.3) is 0 Å². The Labute approximate surface area is 136 Å². The zero-order valence-electron chi connectivity index (χ0n) is 9.29. The van der Waals surface area contributed by atoms with Crippen LogP contribution < -0.4 is 61.6 Å². The van der Waals surface area contributed by atoms with Crippen molar-refractivity contribution in [2.75, 3.05) is 6.61 Å². The predicted octanol–water partition coefficient (Wildman–Crippen LogP) is -0.300. The molecule has 0 saturated carbocycles. The van der Waals surface area contributed by atoms with Gasteiger partial charge in [-0.05, 0) is 19.1 Å². The summed E-state index contributed by atoms with van der Waals surface area (Å²) in [5.74, 6) is 0.442. The van der Waals surface area contributed by atoms with E-state index in [-0.39, 0.29) is 51.4 Å². The summed E-state index contributed by atoms with van der Waals surface area (Å²) < 4.78 is 41.9. The van der Waals surface area contributed by atoms with Gasteiger partial charge in [0.05, 0.1) is 0 Å². The second-order valence-corrected chi connectivity index (χ2v) is 3.02. The van der Waals surface area contributed by atoms with Crippen LogP contribution in [0.15, 0.2) is 36.4 Å². The average molecular weight is 254 g/mol. The SMILES string of the molecule is C/C=C/COc1ccc([B-](F)(F)F)cc1.[K+]. The van der Waals surface area contributed by atoms with Crippen LogP contribution in [0.4, 0.5) is 12.9 Å². The first kappa shape index (κ1) is 16.3. The van der Waals surface area contributed by atoms with Gasteiger partial charge in [-0.1, -0.05) is 24.3 Å². The molecule has 0 radical (unpaired) electrons. The largest absolute Gasteiger partial charge is 1.00 e. The van der Waals surface area contributed by atoms with Gasteiger partial charge in [-0.15, -0.1) is 5.46 Å². The maximum absolute atomic E-state index is 12.2. The summed E-state index contributed by atoms with van der Waals surface area (Å²) in [5.41, 5.74) is -0.603. The van der Waals surface area contributed by atoms with Gasteiger partial charge in [-0.3, -0.25) is 0 Å². The third kappa shape index (κ3) is 5.54. The number of hydrogen-bond donors (Lipinski definition) is 0. The molecule has 0 amide bonds. The summed E-state index contributed by atoms with van der Waals surface area (Å²) >= 11 is 0. The molecule has 0 bridgehead atoms. The number of benzene rings is 1. The van der Waals surface area contributed by atoms with E-state index in [1.807, 2.05) is 13.0 Å². The molecule has 0 atom stereocenters. The molecule has 0 aromatic heterocycles. The third-order valence-corrected chi connectivity index (χ3v) is 1.84. The minimum absolute atomic E-state index is 0. The van der Waals surface area contributed by atoms with Crippen LogP contribution >= 0.6 is 0 Å². The molecule has 0 aliphatic rings.